The van der Waals surface area contributed by atoms with Gasteiger partial charge in [0.25, 0.3) is 0 Å². The first-order chi connectivity index (χ1) is 10.1. The van der Waals surface area contributed by atoms with Gasteiger partial charge in [0, 0.05) is 12.6 Å². The molecule has 1 atom stereocenters. The van der Waals surface area contributed by atoms with Gasteiger partial charge in [0.1, 0.15) is 5.75 Å². The molecule has 2 aromatic rings. The van der Waals surface area contributed by atoms with Gasteiger partial charge in [0.15, 0.2) is 5.75 Å². The van der Waals surface area contributed by atoms with E-state index in [-0.39, 0.29) is 6.04 Å². The van der Waals surface area contributed by atoms with Gasteiger partial charge in [-0.15, -0.1) is 0 Å². The lowest BCUT2D eigenvalue weighted by Gasteiger charge is -2.11. The number of aromatic nitrogens is 2. The number of nitrogens with two attached hydrogens (primary N) is 1. The van der Waals surface area contributed by atoms with Gasteiger partial charge in [0.2, 0.25) is 0 Å². The summed E-state index contributed by atoms with van der Waals surface area (Å²) in [6.45, 7) is 5.13. The molecule has 2 rings (SSSR count). The molecule has 0 bridgehead atoms. The molecule has 0 saturated heterocycles. The maximum atomic E-state index is 5.99. The molecule has 0 amide bonds. The second-order valence-electron chi connectivity index (χ2n) is 5.18. The summed E-state index contributed by atoms with van der Waals surface area (Å²) in [5.41, 5.74) is 7.20. The van der Waals surface area contributed by atoms with Crippen molar-refractivity contribution in [2.75, 3.05) is 0 Å². The summed E-state index contributed by atoms with van der Waals surface area (Å²) in [4.78, 5) is 0. The minimum absolute atomic E-state index is 0.205. The first-order valence-electron chi connectivity index (χ1n) is 7.36. The Bertz CT molecular complexity index is 583. The second-order valence-corrected chi connectivity index (χ2v) is 6.03. The fourth-order valence-corrected chi connectivity index (χ4v) is 2.58. The van der Waals surface area contributed by atoms with Crippen molar-refractivity contribution >= 4 is 15.9 Å². The molecule has 0 radical (unpaired) electrons. The van der Waals surface area contributed by atoms with Crippen LogP contribution < -0.4 is 10.5 Å². The van der Waals surface area contributed by atoms with E-state index in [2.05, 4.69) is 47.0 Å². The van der Waals surface area contributed by atoms with Crippen LogP contribution in [0.1, 0.15) is 32.3 Å². The van der Waals surface area contributed by atoms with Gasteiger partial charge >= 0.3 is 0 Å². The van der Waals surface area contributed by atoms with E-state index in [1.807, 2.05) is 16.9 Å². The van der Waals surface area contributed by atoms with Crippen LogP contribution in [0.15, 0.2) is 35.1 Å². The predicted molar refractivity (Wildman–Crippen MR) is 88.7 cm³/mol. The highest BCUT2D eigenvalue weighted by Gasteiger charge is 2.08. The van der Waals surface area contributed by atoms with Gasteiger partial charge in [-0.2, -0.15) is 5.10 Å². The van der Waals surface area contributed by atoms with Crippen LogP contribution in [0, 0.1) is 0 Å². The zero-order valence-corrected chi connectivity index (χ0v) is 14.1. The molecule has 4 nitrogen and oxygen atoms in total. The average molecular weight is 352 g/mol. The maximum absolute atomic E-state index is 5.99. The minimum atomic E-state index is 0.205. The van der Waals surface area contributed by atoms with Crippen LogP contribution in [-0.4, -0.2) is 15.8 Å². The third-order valence-electron chi connectivity index (χ3n) is 3.31. The molecule has 5 heteroatoms. The predicted octanol–water partition coefficient (Wildman–Crippen LogP) is 4.13. The van der Waals surface area contributed by atoms with Crippen LogP contribution in [0.25, 0.3) is 0 Å². The van der Waals surface area contributed by atoms with Crippen LogP contribution in [0.4, 0.5) is 0 Å². The summed E-state index contributed by atoms with van der Waals surface area (Å²) in [6, 6.07) is 6.31. The molecule has 0 fully saturated rings. The Labute approximate surface area is 134 Å². The number of rotatable bonds is 7. The van der Waals surface area contributed by atoms with Gasteiger partial charge in [-0.3, -0.25) is 4.68 Å². The Morgan fingerprint density at radius 1 is 1.38 bits per heavy atom. The number of aryl methyl sites for hydroxylation is 1. The smallest absolute Gasteiger partial charge is 0.165 e. The highest BCUT2D eigenvalue weighted by Crippen LogP contribution is 2.30. The lowest BCUT2D eigenvalue weighted by atomic mass is 10.0. The van der Waals surface area contributed by atoms with Gasteiger partial charge in [-0.05, 0) is 52.9 Å². The van der Waals surface area contributed by atoms with E-state index < -0.39 is 0 Å². The molecule has 21 heavy (non-hydrogen) atoms. The molecule has 0 spiro atoms. The van der Waals surface area contributed by atoms with Gasteiger partial charge < -0.3 is 10.5 Å². The molecule has 1 aromatic carbocycles. The average Bonchev–Trinajstić information content (AvgIpc) is 2.89. The van der Waals surface area contributed by atoms with Crippen LogP contribution in [0.2, 0.25) is 0 Å². The molecule has 0 aliphatic carbocycles. The molecule has 0 saturated carbocycles. The molecule has 1 aromatic heterocycles. The normalized spacial score (nSPS) is 12.4. The fourth-order valence-electron chi connectivity index (χ4n) is 2.08. The van der Waals surface area contributed by atoms with E-state index in [1.165, 1.54) is 5.56 Å². The van der Waals surface area contributed by atoms with E-state index in [0.717, 1.165) is 41.8 Å². The molecular formula is C16H22BrN3O. The molecule has 114 valence electrons. The number of benzene rings is 1. The van der Waals surface area contributed by atoms with Crippen molar-refractivity contribution in [3.05, 3.63) is 40.6 Å². The topological polar surface area (TPSA) is 53.1 Å². The fraction of sp³-hybridized carbons (Fsp3) is 0.438. The lowest BCUT2D eigenvalue weighted by Crippen LogP contribution is -2.21. The van der Waals surface area contributed by atoms with Crippen molar-refractivity contribution in [2.45, 2.75) is 45.7 Å². The number of nitrogens with zero attached hydrogens (tertiary/aromatic N) is 2. The van der Waals surface area contributed by atoms with Gasteiger partial charge in [0.05, 0.1) is 16.9 Å². The largest absolute Gasteiger partial charge is 0.453 e. The van der Waals surface area contributed by atoms with Crippen LogP contribution in [0.5, 0.6) is 11.5 Å². The SMILES string of the molecule is CCCn1cc(Oc2ccc(CC(N)CC)cc2Br)cn1. The van der Waals surface area contributed by atoms with Crippen molar-refractivity contribution < 1.29 is 4.74 Å². The molecule has 0 aliphatic heterocycles. The van der Waals surface area contributed by atoms with Crippen molar-refractivity contribution in [1.29, 1.82) is 0 Å². The standard InChI is InChI=1S/C16H22BrN3O/c1-3-7-20-11-14(10-19-20)21-16-6-5-12(9-15(16)17)8-13(18)4-2/h5-6,9-11,13H,3-4,7-8,18H2,1-2H3. The van der Waals surface area contributed by atoms with E-state index in [0.29, 0.717) is 0 Å². The van der Waals surface area contributed by atoms with Crippen molar-refractivity contribution in [3.8, 4) is 11.5 Å². The van der Waals surface area contributed by atoms with Crippen LogP contribution >= 0.6 is 15.9 Å². The highest BCUT2D eigenvalue weighted by molar-refractivity contribution is 9.10. The molecule has 1 heterocycles. The minimum Gasteiger partial charge on any atom is -0.453 e. The molecule has 2 N–H and O–H groups in total. The van der Waals surface area contributed by atoms with E-state index in [9.17, 15) is 0 Å². The van der Waals surface area contributed by atoms with Crippen molar-refractivity contribution in [2.24, 2.45) is 5.73 Å². The summed E-state index contributed by atoms with van der Waals surface area (Å²) < 4.78 is 8.68. The second kappa shape index (κ2) is 7.61. The Kier molecular flexibility index (Phi) is 5.82. The monoisotopic (exact) mass is 351 g/mol. The third kappa shape index (κ3) is 4.58. The summed E-state index contributed by atoms with van der Waals surface area (Å²) in [5.74, 6) is 1.54. The summed E-state index contributed by atoms with van der Waals surface area (Å²) in [7, 11) is 0. The number of hydrogen-bond donors (Lipinski definition) is 1. The van der Waals surface area contributed by atoms with Crippen LogP contribution in [0.3, 0.4) is 0 Å². The number of halogens is 1. The number of ether oxygens (including phenoxy) is 1. The number of hydrogen-bond acceptors (Lipinski definition) is 3. The van der Waals surface area contributed by atoms with Gasteiger partial charge in [-0.1, -0.05) is 19.9 Å². The Morgan fingerprint density at radius 2 is 2.19 bits per heavy atom. The zero-order valence-electron chi connectivity index (χ0n) is 12.6. The Morgan fingerprint density at radius 3 is 2.86 bits per heavy atom. The third-order valence-corrected chi connectivity index (χ3v) is 3.93. The lowest BCUT2D eigenvalue weighted by molar-refractivity contribution is 0.477. The molecule has 1 unspecified atom stereocenters. The first kappa shape index (κ1) is 16.0. The van der Waals surface area contributed by atoms with E-state index in [4.69, 9.17) is 10.5 Å². The summed E-state index contributed by atoms with van der Waals surface area (Å²) >= 11 is 3.56. The van der Waals surface area contributed by atoms with Gasteiger partial charge in [-0.25, -0.2) is 0 Å². The first-order valence-corrected chi connectivity index (χ1v) is 8.16. The Hall–Kier alpha value is -1.33. The van der Waals surface area contributed by atoms with E-state index >= 15 is 0 Å². The highest BCUT2D eigenvalue weighted by atomic mass is 79.9. The molecule has 0 aliphatic rings. The quantitative estimate of drug-likeness (QED) is 0.815. The van der Waals surface area contributed by atoms with E-state index in [1.54, 1.807) is 6.20 Å². The Balaban J connectivity index is 2.06. The van der Waals surface area contributed by atoms with Crippen molar-refractivity contribution in [1.82, 2.24) is 9.78 Å². The zero-order chi connectivity index (χ0) is 15.2. The van der Waals surface area contributed by atoms with Crippen LogP contribution in [-0.2, 0) is 13.0 Å². The summed E-state index contributed by atoms with van der Waals surface area (Å²) in [5, 5.41) is 4.26. The summed E-state index contributed by atoms with van der Waals surface area (Å²) in [6.07, 6.45) is 6.56. The molecular weight excluding hydrogens is 330 g/mol. The maximum Gasteiger partial charge on any atom is 0.165 e. The van der Waals surface area contributed by atoms with Crippen molar-refractivity contribution in [3.63, 3.8) is 0 Å².